The first kappa shape index (κ1) is 16.2. The van der Waals surface area contributed by atoms with E-state index in [9.17, 15) is 0 Å². The van der Waals surface area contributed by atoms with Crippen LogP contribution in [0.3, 0.4) is 0 Å². The maximum atomic E-state index is 5.72. The molecule has 4 rings (SSSR count). The van der Waals surface area contributed by atoms with Crippen LogP contribution >= 0.6 is 0 Å². The van der Waals surface area contributed by atoms with Gasteiger partial charge in [0, 0.05) is 30.4 Å². The first-order chi connectivity index (χ1) is 12.9. The molecule has 0 saturated carbocycles. The first-order valence-corrected chi connectivity index (χ1v) is 8.45. The largest absolute Gasteiger partial charge is 0.462 e. The van der Waals surface area contributed by atoms with Crippen molar-refractivity contribution in [1.82, 2.24) is 20.3 Å². The van der Waals surface area contributed by atoms with Gasteiger partial charge in [-0.2, -0.15) is 0 Å². The number of nitrogens with one attached hydrogen (secondary N) is 1. The van der Waals surface area contributed by atoms with Gasteiger partial charge >= 0.3 is 0 Å². The standard InChI is InChI=1S/C21H18N4O/c1-2-8-18-16(6-1)11-13-24-21(18)19-9-5-10-20(25-19)26-15-22-14-17-7-3-4-12-23-17/h1-13,22H,14-15H2. The lowest BCUT2D eigenvalue weighted by molar-refractivity contribution is 0.271. The van der Waals surface area contributed by atoms with E-state index in [1.54, 1.807) is 12.4 Å². The minimum absolute atomic E-state index is 0.357. The number of nitrogens with zero attached hydrogens (tertiary/aromatic N) is 3. The Balaban J connectivity index is 1.46. The summed E-state index contributed by atoms with van der Waals surface area (Å²) in [6, 6.07) is 21.7. The van der Waals surface area contributed by atoms with Crippen molar-refractivity contribution in [1.29, 1.82) is 0 Å². The van der Waals surface area contributed by atoms with Crippen LogP contribution in [-0.4, -0.2) is 21.7 Å². The number of rotatable bonds is 6. The van der Waals surface area contributed by atoms with E-state index in [0.717, 1.165) is 27.9 Å². The third kappa shape index (κ3) is 3.68. The Bertz CT molecular complexity index is 999. The van der Waals surface area contributed by atoms with E-state index in [1.807, 2.05) is 54.6 Å². The molecule has 3 aromatic heterocycles. The van der Waals surface area contributed by atoms with Gasteiger partial charge in [-0.3, -0.25) is 15.3 Å². The molecule has 0 spiro atoms. The van der Waals surface area contributed by atoms with E-state index in [2.05, 4.69) is 32.4 Å². The summed E-state index contributed by atoms with van der Waals surface area (Å²) in [6.45, 7) is 1.00. The molecule has 128 valence electrons. The van der Waals surface area contributed by atoms with Gasteiger partial charge in [-0.25, -0.2) is 4.98 Å². The summed E-state index contributed by atoms with van der Waals surface area (Å²) < 4.78 is 5.72. The fourth-order valence-corrected chi connectivity index (χ4v) is 2.76. The van der Waals surface area contributed by atoms with Crippen molar-refractivity contribution >= 4 is 10.8 Å². The van der Waals surface area contributed by atoms with E-state index < -0.39 is 0 Å². The molecule has 0 unspecified atom stereocenters. The highest BCUT2D eigenvalue weighted by atomic mass is 16.5. The van der Waals surface area contributed by atoms with E-state index >= 15 is 0 Å². The molecule has 1 aromatic carbocycles. The van der Waals surface area contributed by atoms with Crippen LogP contribution in [0.15, 0.2) is 79.1 Å². The van der Waals surface area contributed by atoms with Gasteiger partial charge in [-0.1, -0.05) is 36.4 Å². The van der Waals surface area contributed by atoms with Crippen LogP contribution < -0.4 is 10.1 Å². The molecule has 0 bridgehead atoms. The number of benzene rings is 1. The molecule has 5 heteroatoms. The smallest absolute Gasteiger partial charge is 0.215 e. The molecule has 5 nitrogen and oxygen atoms in total. The van der Waals surface area contributed by atoms with Gasteiger partial charge in [0.2, 0.25) is 5.88 Å². The number of aromatic nitrogens is 3. The lowest BCUT2D eigenvalue weighted by Crippen LogP contribution is -2.20. The summed E-state index contributed by atoms with van der Waals surface area (Å²) in [7, 11) is 0. The SMILES string of the molecule is c1ccc(CNCOc2cccc(-c3nccc4ccccc34)n2)nc1. The average Bonchev–Trinajstić information content (AvgIpc) is 2.72. The molecule has 0 aliphatic heterocycles. The normalized spacial score (nSPS) is 10.8. The third-order valence-corrected chi connectivity index (χ3v) is 3.99. The zero-order valence-electron chi connectivity index (χ0n) is 14.2. The van der Waals surface area contributed by atoms with Crippen molar-refractivity contribution in [2.45, 2.75) is 6.54 Å². The lowest BCUT2D eigenvalue weighted by atomic mass is 10.1. The Morgan fingerprint density at radius 2 is 1.73 bits per heavy atom. The van der Waals surface area contributed by atoms with Gasteiger partial charge in [0.1, 0.15) is 6.73 Å². The quantitative estimate of drug-likeness (QED) is 0.426. The number of hydrogen-bond acceptors (Lipinski definition) is 5. The van der Waals surface area contributed by atoms with Crippen molar-refractivity contribution in [2.24, 2.45) is 0 Å². The predicted molar refractivity (Wildman–Crippen MR) is 102 cm³/mol. The van der Waals surface area contributed by atoms with Crippen LogP contribution in [0.4, 0.5) is 0 Å². The monoisotopic (exact) mass is 342 g/mol. The Morgan fingerprint density at radius 3 is 2.65 bits per heavy atom. The molecule has 0 atom stereocenters. The zero-order valence-corrected chi connectivity index (χ0v) is 14.2. The van der Waals surface area contributed by atoms with Crippen molar-refractivity contribution in [3.05, 3.63) is 84.8 Å². The Hall–Kier alpha value is -3.31. The van der Waals surface area contributed by atoms with Crippen molar-refractivity contribution in [3.8, 4) is 17.3 Å². The first-order valence-electron chi connectivity index (χ1n) is 8.45. The number of hydrogen-bond donors (Lipinski definition) is 1. The summed E-state index contributed by atoms with van der Waals surface area (Å²) in [5.74, 6) is 0.561. The second-order valence-electron chi connectivity index (χ2n) is 5.78. The highest BCUT2D eigenvalue weighted by Crippen LogP contribution is 2.26. The highest BCUT2D eigenvalue weighted by molar-refractivity contribution is 5.93. The molecule has 0 aliphatic rings. The fraction of sp³-hybridized carbons (Fsp3) is 0.0952. The summed E-state index contributed by atoms with van der Waals surface area (Å²) in [4.78, 5) is 13.4. The maximum absolute atomic E-state index is 5.72. The minimum atomic E-state index is 0.357. The molecule has 3 heterocycles. The highest BCUT2D eigenvalue weighted by Gasteiger charge is 2.07. The molecule has 0 radical (unpaired) electrons. The van der Waals surface area contributed by atoms with Gasteiger partial charge < -0.3 is 4.74 Å². The van der Waals surface area contributed by atoms with Gasteiger partial charge in [0.05, 0.1) is 17.1 Å². The Morgan fingerprint density at radius 1 is 0.808 bits per heavy atom. The molecular weight excluding hydrogens is 324 g/mol. The molecule has 26 heavy (non-hydrogen) atoms. The molecule has 4 aromatic rings. The van der Waals surface area contributed by atoms with E-state index in [-0.39, 0.29) is 0 Å². The van der Waals surface area contributed by atoms with E-state index in [4.69, 9.17) is 4.74 Å². The third-order valence-electron chi connectivity index (χ3n) is 3.99. The van der Waals surface area contributed by atoms with Gasteiger partial charge in [0.25, 0.3) is 0 Å². The molecule has 0 fully saturated rings. The van der Waals surface area contributed by atoms with Gasteiger partial charge in [-0.05, 0) is 29.7 Å². The van der Waals surface area contributed by atoms with Crippen LogP contribution in [-0.2, 0) is 6.54 Å². The average molecular weight is 342 g/mol. The summed E-state index contributed by atoms with van der Waals surface area (Å²) >= 11 is 0. The molecular formula is C21H18N4O. The zero-order chi connectivity index (χ0) is 17.6. The van der Waals surface area contributed by atoms with Gasteiger partial charge in [0.15, 0.2) is 0 Å². The topological polar surface area (TPSA) is 59.9 Å². The number of fused-ring (bicyclic) bond motifs is 1. The van der Waals surface area contributed by atoms with Crippen LogP contribution in [0.1, 0.15) is 5.69 Å². The number of ether oxygens (including phenoxy) is 1. The van der Waals surface area contributed by atoms with Crippen molar-refractivity contribution in [2.75, 3.05) is 6.73 Å². The van der Waals surface area contributed by atoms with E-state index in [0.29, 0.717) is 19.2 Å². The van der Waals surface area contributed by atoms with Crippen LogP contribution in [0.2, 0.25) is 0 Å². The Labute approximate surface area is 151 Å². The molecule has 1 N–H and O–H groups in total. The van der Waals surface area contributed by atoms with Crippen molar-refractivity contribution < 1.29 is 4.74 Å². The lowest BCUT2D eigenvalue weighted by Gasteiger charge is -2.09. The number of pyridine rings is 3. The molecule has 0 amide bonds. The molecule has 0 saturated heterocycles. The van der Waals surface area contributed by atoms with Crippen LogP contribution in [0.5, 0.6) is 5.88 Å². The predicted octanol–water partition coefficient (Wildman–Crippen LogP) is 3.82. The van der Waals surface area contributed by atoms with Gasteiger partial charge in [-0.15, -0.1) is 0 Å². The maximum Gasteiger partial charge on any atom is 0.215 e. The molecule has 0 aliphatic carbocycles. The summed E-state index contributed by atoms with van der Waals surface area (Å²) in [5.41, 5.74) is 2.62. The van der Waals surface area contributed by atoms with E-state index in [1.165, 1.54) is 0 Å². The second-order valence-corrected chi connectivity index (χ2v) is 5.78. The summed E-state index contributed by atoms with van der Waals surface area (Å²) in [6.07, 6.45) is 3.58. The minimum Gasteiger partial charge on any atom is -0.462 e. The van der Waals surface area contributed by atoms with Crippen LogP contribution in [0, 0.1) is 0 Å². The van der Waals surface area contributed by atoms with Crippen LogP contribution in [0.25, 0.3) is 22.2 Å². The Kier molecular flexibility index (Phi) is 4.80. The van der Waals surface area contributed by atoms with Crippen molar-refractivity contribution in [3.63, 3.8) is 0 Å². The fourth-order valence-electron chi connectivity index (χ4n) is 2.76. The summed E-state index contributed by atoms with van der Waals surface area (Å²) in [5, 5.41) is 5.42. The second kappa shape index (κ2) is 7.72.